The first-order valence-corrected chi connectivity index (χ1v) is 10.9. The number of carbonyl (C=O) groups excluding carboxylic acids is 1. The Hall–Kier alpha value is -2.44. The Kier molecular flexibility index (Phi) is 5.25. The highest BCUT2D eigenvalue weighted by molar-refractivity contribution is 7.90. The summed E-state index contributed by atoms with van der Waals surface area (Å²) >= 11 is 1.40. The molecular weight excluding hydrogens is 366 g/mol. The zero-order valence-corrected chi connectivity index (χ0v) is 16.1. The highest BCUT2D eigenvalue weighted by Gasteiger charge is 2.17. The molecule has 0 aliphatic carbocycles. The lowest BCUT2D eigenvalue weighted by Crippen LogP contribution is -2.26. The second kappa shape index (κ2) is 7.43. The van der Waals surface area contributed by atoms with Gasteiger partial charge in [0.05, 0.1) is 15.8 Å². The monoisotopic (exact) mass is 385 g/mol. The predicted molar refractivity (Wildman–Crippen MR) is 105 cm³/mol. The molecule has 1 aromatic heterocycles. The number of amides is 1. The summed E-state index contributed by atoms with van der Waals surface area (Å²) in [6, 6.07) is 18.1. The highest BCUT2D eigenvalue weighted by Crippen LogP contribution is 2.28. The van der Waals surface area contributed by atoms with Gasteiger partial charge in [-0.15, -0.1) is 11.3 Å². The fourth-order valence-corrected chi connectivity index (χ4v) is 4.13. The minimum Gasteiger partial charge on any atom is -0.345 e. The van der Waals surface area contributed by atoms with Crippen molar-refractivity contribution >= 4 is 27.1 Å². The van der Waals surface area contributed by atoms with Crippen molar-refractivity contribution in [2.75, 3.05) is 6.26 Å². The molecule has 0 aliphatic rings. The van der Waals surface area contributed by atoms with Crippen LogP contribution in [0.3, 0.4) is 0 Å². The van der Waals surface area contributed by atoms with Gasteiger partial charge in [-0.2, -0.15) is 0 Å². The Balaban J connectivity index is 1.78. The Bertz CT molecular complexity index is 1010. The molecule has 1 unspecified atom stereocenters. The summed E-state index contributed by atoms with van der Waals surface area (Å²) in [7, 11) is -3.23. The van der Waals surface area contributed by atoms with Crippen molar-refractivity contribution in [3.05, 3.63) is 76.5 Å². The molecule has 134 valence electrons. The Morgan fingerprint density at radius 1 is 1.00 bits per heavy atom. The van der Waals surface area contributed by atoms with Crippen molar-refractivity contribution < 1.29 is 13.2 Å². The number of carbonyl (C=O) groups is 1. The average molecular weight is 386 g/mol. The first-order valence-electron chi connectivity index (χ1n) is 8.10. The van der Waals surface area contributed by atoms with Crippen molar-refractivity contribution in [1.82, 2.24) is 5.32 Å². The van der Waals surface area contributed by atoms with Crippen LogP contribution in [0.4, 0.5) is 0 Å². The van der Waals surface area contributed by atoms with E-state index in [2.05, 4.69) is 5.32 Å². The third-order valence-electron chi connectivity index (χ3n) is 4.11. The van der Waals surface area contributed by atoms with Gasteiger partial charge in [0.25, 0.3) is 5.91 Å². The molecule has 1 atom stereocenters. The Morgan fingerprint density at radius 2 is 1.65 bits per heavy atom. The first-order chi connectivity index (χ1) is 12.4. The number of thiophene rings is 1. The van der Waals surface area contributed by atoms with E-state index >= 15 is 0 Å². The maximum absolute atomic E-state index is 12.7. The van der Waals surface area contributed by atoms with Crippen molar-refractivity contribution in [3.8, 4) is 11.1 Å². The third kappa shape index (κ3) is 4.03. The van der Waals surface area contributed by atoms with Gasteiger partial charge in [-0.1, -0.05) is 42.5 Å². The second-order valence-electron chi connectivity index (χ2n) is 6.07. The average Bonchev–Trinajstić information content (AvgIpc) is 3.11. The lowest BCUT2D eigenvalue weighted by atomic mass is 10.1. The third-order valence-corrected chi connectivity index (χ3v) is 6.15. The first kappa shape index (κ1) is 18.4. The number of benzene rings is 2. The number of rotatable bonds is 5. The Morgan fingerprint density at radius 3 is 2.27 bits per heavy atom. The fourth-order valence-electron chi connectivity index (χ4n) is 2.68. The highest BCUT2D eigenvalue weighted by atomic mass is 32.2. The summed E-state index contributed by atoms with van der Waals surface area (Å²) in [5, 5.41) is 4.89. The van der Waals surface area contributed by atoms with Gasteiger partial charge in [-0.25, -0.2) is 8.42 Å². The molecule has 0 fully saturated rings. The van der Waals surface area contributed by atoms with E-state index in [9.17, 15) is 13.2 Å². The SMILES string of the molecule is CC(NC(=O)c1sccc1-c1ccccc1)c1ccc(S(C)(=O)=O)cc1. The maximum atomic E-state index is 12.7. The summed E-state index contributed by atoms with van der Waals surface area (Å²) in [6.07, 6.45) is 1.18. The lowest BCUT2D eigenvalue weighted by molar-refractivity contribution is 0.0944. The van der Waals surface area contributed by atoms with Crippen LogP contribution >= 0.6 is 11.3 Å². The molecule has 1 heterocycles. The van der Waals surface area contributed by atoms with E-state index in [0.29, 0.717) is 4.88 Å². The smallest absolute Gasteiger partial charge is 0.262 e. The lowest BCUT2D eigenvalue weighted by Gasteiger charge is -2.15. The molecule has 2 aromatic carbocycles. The fraction of sp³-hybridized carbons (Fsp3) is 0.150. The summed E-state index contributed by atoms with van der Waals surface area (Å²) in [5.74, 6) is -0.140. The minimum atomic E-state index is -3.23. The Labute approximate surface area is 157 Å². The van der Waals surface area contributed by atoms with Crippen LogP contribution in [0.5, 0.6) is 0 Å². The number of hydrogen-bond acceptors (Lipinski definition) is 4. The van der Waals surface area contributed by atoms with Gasteiger partial charge >= 0.3 is 0 Å². The number of hydrogen-bond donors (Lipinski definition) is 1. The van der Waals surface area contributed by atoms with Crippen LogP contribution in [0.25, 0.3) is 11.1 Å². The summed E-state index contributed by atoms with van der Waals surface area (Å²) < 4.78 is 23.1. The molecular formula is C20H19NO3S2. The quantitative estimate of drug-likeness (QED) is 0.712. The van der Waals surface area contributed by atoms with Crippen LogP contribution in [-0.2, 0) is 9.84 Å². The van der Waals surface area contributed by atoms with Gasteiger partial charge in [0.2, 0.25) is 0 Å². The zero-order chi connectivity index (χ0) is 18.7. The van der Waals surface area contributed by atoms with Crippen LogP contribution in [0.15, 0.2) is 70.9 Å². The summed E-state index contributed by atoms with van der Waals surface area (Å²) in [5.41, 5.74) is 2.76. The van der Waals surface area contributed by atoms with E-state index in [1.807, 2.05) is 48.7 Å². The minimum absolute atomic E-state index is 0.140. The molecule has 0 spiro atoms. The maximum Gasteiger partial charge on any atom is 0.262 e. The van der Waals surface area contributed by atoms with E-state index in [4.69, 9.17) is 0 Å². The van der Waals surface area contributed by atoms with Crippen LogP contribution < -0.4 is 5.32 Å². The van der Waals surface area contributed by atoms with Crippen molar-refractivity contribution in [3.63, 3.8) is 0 Å². The van der Waals surface area contributed by atoms with Crippen LogP contribution in [0.1, 0.15) is 28.2 Å². The summed E-state index contributed by atoms with van der Waals surface area (Å²) in [6.45, 7) is 1.88. The van der Waals surface area contributed by atoms with E-state index in [0.717, 1.165) is 16.7 Å². The van der Waals surface area contributed by atoms with Gasteiger partial charge in [0.15, 0.2) is 9.84 Å². The molecule has 26 heavy (non-hydrogen) atoms. The normalized spacial score (nSPS) is 12.5. The molecule has 0 saturated heterocycles. The molecule has 0 saturated carbocycles. The molecule has 0 aliphatic heterocycles. The number of nitrogens with one attached hydrogen (secondary N) is 1. The van der Waals surface area contributed by atoms with Gasteiger partial charge in [0.1, 0.15) is 0 Å². The van der Waals surface area contributed by atoms with E-state index < -0.39 is 9.84 Å². The van der Waals surface area contributed by atoms with E-state index in [1.54, 1.807) is 24.3 Å². The van der Waals surface area contributed by atoms with Gasteiger partial charge in [-0.05, 0) is 41.6 Å². The standard InChI is InChI=1S/C20H19NO3S2/c1-14(15-8-10-17(11-9-15)26(2,23)24)21-20(22)19-18(12-13-25-19)16-6-4-3-5-7-16/h3-14H,1-2H3,(H,21,22). The second-order valence-corrected chi connectivity index (χ2v) is 9.00. The molecule has 1 amide bonds. The molecule has 0 radical (unpaired) electrons. The van der Waals surface area contributed by atoms with Crippen LogP contribution in [-0.4, -0.2) is 20.6 Å². The predicted octanol–water partition coefficient (Wildman–Crippen LogP) is 4.31. The molecule has 3 rings (SSSR count). The van der Waals surface area contributed by atoms with Crippen molar-refractivity contribution in [2.24, 2.45) is 0 Å². The molecule has 6 heteroatoms. The largest absolute Gasteiger partial charge is 0.345 e. The summed E-state index contributed by atoms with van der Waals surface area (Å²) in [4.78, 5) is 13.6. The topological polar surface area (TPSA) is 63.2 Å². The molecule has 0 bridgehead atoms. The van der Waals surface area contributed by atoms with Crippen LogP contribution in [0.2, 0.25) is 0 Å². The van der Waals surface area contributed by atoms with Gasteiger partial charge < -0.3 is 5.32 Å². The van der Waals surface area contributed by atoms with Crippen LogP contribution in [0, 0.1) is 0 Å². The molecule has 1 N–H and O–H groups in total. The number of sulfone groups is 1. The van der Waals surface area contributed by atoms with Crippen molar-refractivity contribution in [2.45, 2.75) is 17.9 Å². The van der Waals surface area contributed by atoms with E-state index in [1.165, 1.54) is 17.6 Å². The molecule has 4 nitrogen and oxygen atoms in total. The zero-order valence-electron chi connectivity index (χ0n) is 14.5. The van der Waals surface area contributed by atoms with E-state index in [-0.39, 0.29) is 16.8 Å². The molecule has 3 aromatic rings. The van der Waals surface area contributed by atoms with Gasteiger partial charge in [0, 0.05) is 11.8 Å². The van der Waals surface area contributed by atoms with Gasteiger partial charge in [-0.3, -0.25) is 4.79 Å². The van der Waals surface area contributed by atoms with Crippen molar-refractivity contribution in [1.29, 1.82) is 0 Å².